The van der Waals surface area contributed by atoms with Gasteiger partial charge in [0.25, 0.3) is 5.91 Å². The fourth-order valence-electron chi connectivity index (χ4n) is 3.79. The van der Waals surface area contributed by atoms with Crippen molar-refractivity contribution in [3.8, 4) is 0 Å². The van der Waals surface area contributed by atoms with Gasteiger partial charge in [-0.25, -0.2) is 0 Å². The number of amides is 3. The largest absolute Gasteiger partial charge is 0.467 e. The fraction of sp³-hybridized carbons (Fsp3) is 0.435. The molecule has 1 N–H and O–H groups in total. The molecule has 1 aromatic carbocycles. The van der Waals surface area contributed by atoms with Gasteiger partial charge < -0.3 is 19.5 Å². The molecular formula is C23H30N4O4. The summed E-state index contributed by atoms with van der Waals surface area (Å²) >= 11 is 0. The maximum absolute atomic E-state index is 12.9. The monoisotopic (exact) mass is 426 g/mol. The Morgan fingerprint density at radius 1 is 1.10 bits per heavy atom. The molecule has 166 valence electrons. The summed E-state index contributed by atoms with van der Waals surface area (Å²) in [5.41, 5.74) is 1.00. The second kappa shape index (κ2) is 10.3. The number of anilines is 1. The van der Waals surface area contributed by atoms with Gasteiger partial charge in [0, 0.05) is 40.2 Å². The van der Waals surface area contributed by atoms with Crippen molar-refractivity contribution in [2.75, 3.05) is 38.6 Å². The van der Waals surface area contributed by atoms with E-state index < -0.39 is 0 Å². The van der Waals surface area contributed by atoms with E-state index in [2.05, 4.69) is 10.2 Å². The normalized spacial score (nSPS) is 14.8. The average Bonchev–Trinajstić information content (AvgIpc) is 3.30. The molecule has 3 amide bonds. The summed E-state index contributed by atoms with van der Waals surface area (Å²) in [5, 5.41) is 2.83. The smallest absolute Gasteiger partial charge is 0.253 e. The Labute approximate surface area is 182 Å². The summed E-state index contributed by atoms with van der Waals surface area (Å²) in [7, 11) is 3.52. The number of hydrogen-bond acceptors (Lipinski definition) is 5. The van der Waals surface area contributed by atoms with Gasteiger partial charge in [-0.05, 0) is 37.1 Å². The summed E-state index contributed by atoms with van der Waals surface area (Å²) in [6, 6.07) is 10.8. The molecule has 1 aliphatic heterocycles. The molecule has 0 radical (unpaired) electrons. The van der Waals surface area contributed by atoms with Gasteiger partial charge in [-0.1, -0.05) is 12.1 Å². The van der Waals surface area contributed by atoms with Crippen LogP contribution in [0, 0.1) is 0 Å². The van der Waals surface area contributed by atoms with Crippen molar-refractivity contribution in [2.45, 2.75) is 32.4 Å². The van der Waals surface area contributed by atoms with Crippen LogP contribution in [0.15, 0.2) is 47.1 Å². The van der Waals surface area contributed by atoms with Crippen LogP contribution in [0.4, 0.5) is 5.69 Å². The van der Waals surface area contributed by atoms with Crippen molar-refractivity contribution in [3.05, 3.63) is 54.0 Å². The predicted molar refractivity (Wildman–Crippen MR) is 118 cm³/mol. The lowest BCUT2D eigenvalue weighted by Crippen LogP contribution is -2.48. The van der Waals surface area contributed by atoms with E-state index in [-0.39, 0.29) is 36.9 Å². The van der Waals surface area contributed by atoms with E-state index in [9.17, 15) is 14.4 Å². The van der Waals surface area contributed by atoms with Crippen molar-refractivity contribution in [3.63, 3.8) is 0 Å². The maximum atomic E-state index is 12.9. The summed E-state index contributed by atoms with van der Waals surface area (Å²) in [5.74, 6) is 0.384. The number of nitrogens with zero attached hydrogens (tertiary/aromatic N) is 3. The topological polar surface area (TPSA) is 86.1 Å². The minimum Gasteiger partial charge on any atom is -0.467 e. The minimum atomic E-state index is -0.264. The van der Waals surface area contributed by atoms with Crippen LogP contribution in [0.1, 0.15) is 35.9 Å². The number of benzene rings is 1. The first-order chi connectivity index (χ1) is 14.9. The molecule has 0 spiro atoms. The van der Waals surface area contributed by atoms with Crippen molar-refractivity contribution >= 4 is 23.4 Å². The number of para-hydroxylation sites is 1. The van der Waals surface area contributed by atoms with Crippen LogP contribution in [-0.4, -0.2) is 67.3 Å². The lowest BCUT2D eigenvalue weighted by atomic mass is 10.0. The van der Waals surface area contributed by atoms with E-state index in [1.807, 2.05) is 13.1 Å². The van der Waals surface area contributed by atoms with E-state index in [0.717, 1.165) is 25.9 Å². The predicted octanol–water partition coefficient (Wildman–Crippen LogP) is 2.12. The molecule has 3 rings (SSSR count). The molecule has 8 nitrogen and oxygen atoms in total. The van der Waals surface area contributed by atoms with Crippen molar-refractivity contribution < 1.29 is 18.8 Å². The molecule has 1 aromatic heterocycles. The number of carbonyl (C=O) groups is 3. The van der Waals surface area contributed by atoms with Crippen LogP contribution in [0.5, 0.6) is 0 Å². The van der Waals surface area contributed by atoms with Gasteiger partial charge in [-0.15, -0.1) is 0 Å². The fourth-order valence-corrected chi connectivity index (χ4v) is 3.79. The number of likely N-dealkylation sites (tertiary alicyclic amines) is 1. The number of carbonyl (C=O) groups excluding carboxylic acids is 3. The van der Waals surface area contributed by atoms with Gasteiger partial charge in [-0.2, -0.15) is 0 Å². The molecule has 8 heteroatoms. The number of likely N-dealkylation sites (N-methyl/N-ethyl adjacent to an activating group) is 1. The van der Waals surface area contributed by atoms with E-state index in [4.69, 9.17) is 4.42 Å². The quantitative estimate of drug-likeness (QED) is 0.733. The number of nitrogens with one attached hydrogen (secondary N) is 1. The molecule has 0 bridgehead atoms. The molecule has 0 unspecified atom stereocenters. The minimum absolute atomic E-state index is 0.0659. The first-order valence-electron chi connectivity index (χ1n) is 10.5. The van der Waals surface area contributed by atoms with Gasteiger partial charge in [0.05, 0.1) is 30.6 Å². The summed E-state index contributed by atoms with van der Waals surface area (Å²) in [6.45, 7) is 3.64. The Bertz CT molecular complexity index is 904. The summed E-state index contributed by atoms with van der Waals surface area (Å²) in [6.07, 6.45) is 3.25. The molecule has 2 aromatic rings. The zero-order valence-corrected chi connectivity index (χ0v) is 18.3. The first-order valence-corrected chi connectivity index (χ1v) is 10.5. The van der Waals surface area contributed by atoms with Gasteiger partial charge in [0.15, 0.2) is 0 Å². The van der Waals surface area contributed by atoms with E-state index in [0.29, 0.717) is 17.0 Å². The second-order valence-electron chi connectivity index (χ2n) is 7.87. The van der Waals surface area contributed by atoms with Gasteiger partial charge in [-0.3, -0.25) is 19.3 Å². The zero-order valence-electron chi connectivity index (χ0n) is 18.3. The second-order valence-corrected chi connectivity index (χ2v) is 7.87. The van der Waals surface area contributed by atoms with Gasteiger partial charge in [0.2, 0.25) is 11.8 Å². The Balaban J connectivity index is 1.58. The van der Waals surface area contributed by atoms with Crippen LogP contribution in [-0.2, 0) is 16.1 Å². The van der Waals surface area contributed by atoms with Crippen molar-refractivity contribution in [1.82, 2.24) is 15.1 Å². The van der Waals surface area contributed by atoms with Crippen LogP contribution in [0.25, 0.3) is 0 Å². The summed E-state index contributed by atoms with van der Waals surface area (Å²) < 4.78 is 5.25. The van der Waals surface area contributed by atoms with Gasteiger partial charge >= 0.3 is 0 Å². The Hall–Kier alpha value is -3.13. The molecule has 1 fully saturated rings. The SMILES string of the molecule is CC(=O)N(C)C1CCN(CC(=O)N(C)c2ccccc2C(=O)NCc2ccco2)CC1. The number of furan rings is 1. The highest BCUT2D eigenvalue weighted by Gasteiger charge is 2.26. The van der Waals surface area contributed by atoms with Crippen LogP contribution in [0.2, 0.25) is 0 Å². The molecule has 1 aliphatic rings. The summed E-state index contributed by atoms with van der Waals surface area (Å²) in [4.78, 5) is 42.6. The van der Waals surface area contributed by atoms with E-state index in [1.54, 1.807) is 55.5 Å². The third-order valence-electron chi connectivity index (χ3n) is 5.85. The Morgan fingerprint density at radius 3 is 2.45 bits per heavy atom. The highest BCUT2D eigenvalue weighted by atomic mass is 16.3. The molecule has 0 atom stereocenters. The van der Waals surface area contributed by atoms with Crippen molar-refractivity contribution in [2.24, 2.45) is 0 Å². The number of rotatable bonds is 7. The molecule has 0 saturated carbocycles. The number of piperidine rings is 1. The average molecular weight is 427 g/mol. The molecule has 31 heavy (non-hydrogen) atoms. The van der Waals surface area contributed by atoms with Crippen LogP contribution < -0.4 is 10.2 Å². The standard InChI is InChI=1S/C23H30N4O4/c1-17(28)25(2)18-10-12-27(13-11-18)16-22(29)26(3)21-9-5-4-8-20(21)23(30)24-15-19-7-6-14-31-19/h4-9,14,18H,10-13,15-16H2,1-3H3,(H,24,30). The van der Waals surface area contributed by atoms with Crippen LogP contribution in [0.3, 0.4) is 0 Å². The van der Waals surface area contributed by atoms with Crippen LogP contribution >= 0.6 is 0 Å². The third kappa shape index (κ3) is 5.73. The maximum Gasteiger partial charge on any atom is 0.253 e. The highest BCUT2D eigenvalue weighted by Crippen LogP contribution is 2.21. The zero-order chi connectivity index (χ0) is 22.4. The third-order valence-corrected chi connectivity index (χ3v) is 5.85. The lowest BCUT2D eigenvalue weighted by molar-refractivity contribution is -0.131. The highest BCUT2D eigenvalue weighted by molar-refractivity contribution is 6.04. The molecular weight excluding hydrogens is 396 g/mol. The van der Waals surface area contributed by atoms with E-state index >= 15 is 0 Å². The Morgan fingerprint density at radius 2 is 1.81 bits per heavy atom. The van der Waals surface area contributed by atoms with Gasteiger partial charge in [0.1, 0.15) is 5.76 Å². The first kappa shape index (κ1) is 22.6. The lowest BCUT2D eigenvalue weighted by Gasteiger charge is -2.36. The molecule has 1 saturated heterocycles. The number of hydrogen-bond donors (Lipinski definition) is 1. The van der Waals surface area contributed by atoms with E-state index in [1.165, 1.54) is 4.90 Å². The molecule has 0 aliphatic carbocycles. The Kier molecular flexibility index (Phi) is 7.46. The van der Waals surface area contributed by atoms with Crippen molar-refractivity contribution in [1.29, 1.82) is 0 Å². The molecule has 2 heterocycles.